The van der Waals surface area contributed by atoms with E-state index in [-0.39, 0.29) is 11.3 Å². The van der Waals surface area contributed by atoms with Crippen LogP contribution in [0.1, 0.15) is 44.3 Å². The Balaban J connectivity index is 1.63. The molecule has 0 saturated heterocycles. The summed E-state index contributed by atoms with van der Waals surface area (Å²) in [5, 5.41) is 0. The average Bonchev–Trinajstić information content (AvgIpc) is 3.13. The number of nitrogens with two attached hydrogens (primary N) is 1. The smallest absolute Gasteiger partial charge is 0.249 e. The molecule has 1 aliphatic rings. The summed E-state index contributed by atoms with van der Waals surface area (Å²) in [6.45, 7) is 2.07. The highest BCUT2D eigenvalue weighted by atomic mass is 19.1. The molecule has 2 heterocycles. The topological polar surface area (TPSA) is 76.3 Å². The SMILES string of the molecule is CC(=O)c1cc(Cc2ccnc(N3CCc4c(C(N)=O)cccc43)c2)ccc1F. The van der Waals surface area contributed by atoms with Gasteiger partial charge < -0.3 is 10.6 Å². The monoisotopic (exact) mass is 389 g/mol. The minimum atomic E-state index is -0.504. The number of fused-ring (bicyclic) bond motifs is 1. The van der Waals surface area contributed by atoms with Gasteiger partial charge in [-0.05, 0) is 72.9 Å². The van der Waals surface area contributed by atoms with Crippen LogP contribution in [0.5, 0.6) is 0 Å². The quantitative estimate of drug-likeness (QED) is 0.674. The van der Waals surface area contributed by atoms with Crippen molar-refractivity contribution in [2.75, 3.05) is 11.4 Å². The summed E-state index contributed by atoms with van der Waals surface area (Å²) in [6.07, 6.45) is 3.01. The van der Waals surface area contributed by atoms with E-state index in [4.69, 9.17) is 5.73 Å². The molecule has 0 fully saturated rings. The summed E-state index contributed by atoms with van der Waals surface area (Å²) in [5.74, 6) is -0.450. The zero-order valence-corrected chi connectivity index (χ0v) is 16.0. The normalized spacial score (nSPS) is 12.7. The van der Waals surface area contributed by atoms with Crippen molar-refractivity contribution in [3.63, 3.8) is 0 Å². The molecule has 0 saturated carbocycles. The summed E-state index contributed by atoms with van der Waals surface area (Å²) in [6, 6.07) is 14.0. The Morgan fingerprint density at radius 2 is 1.90 bits per heavy atom. The van der Waals surface area contributed by atoms with E-state index in [1.807, 2.05) is 24.3 Å². The van der Waals surface area contributed by atoms with Crippen molar-refractivity contribution < 1.29 is 14.0 Å². The number of carbonyl (C=O) groups excluding carboxylic acids is 2. The number of carbonyl (C=O) groups is 2. The van der Waals surface area contributed by atoms with Gasteiger partial charge in [-0.15, -0.1) is 0 Å². The number of pyridine rings is 1. The minimum Gasteiger partial charge on any atom is -0.366 e. The highest BCUT2D eigenvalue weighted by molar-refractivity contribution is 5.97. The lowest BCUT2D eigenvalue weighted by atomic mass is 10.0. The van der Waals surface area contributed by atoms with Gasteiger partial charge in [0.1, 0.15) is 11.6 Å². The molecule has 146 valence electrons. The van der Waals surface area contributed by atoms with Gasteiger partial charge in [-0.25, -0.2) is 9.37 Å². The molecule has 6 heteroatoms. The number of halogens is 1. The van der Waals surface area contributed by atoms with Crippen LogP contribution in [0.2, 0.25) is 0 Å². The number of ketones is 1. The maximum Gasteiger partial charge on any atom is 0.249 e. The standard InChI is InChI=1S/C23H20FN3O2/c1-14(28)19-12-15(5-6-20(19)24)11-16-7-9-26-22(13-16)27-10-8-17-18(23(25)29)3-2-4-21(17)27/h2-7,9,12-13H,8,10-11H2,1H3,(H2,25,29). The predicted molar refractivity (Wildman–Crippen MR) is 109 cm³/mol. The molecule has 29 heavy (non-hydrogen) atoms. The first-order valence-electron chi connectivity index (χ1n) is 9.37. The van der Waals surface area contributed by atoms with E-state index in [1.165, 1.54) is 13.0 Å². The number of anilines is 2. The van der Waals surface area contributed by atoms with Crippen LogP contribution in [0, 0.1) is 5.82 Å². The Labute approximate surface area is 168 Å². The molecular formula is C23H20FN3O2. The summed E-state index contributed by atoms with van der Waals surface area (Å²) in [7, 11) is 0. The average molecular weight is 389 g/mol. The van der Waals surface area contributed by atoms with Crippen LogP contribution in [0.4, 0.5) is 15.9 Å². The van der Waals surface area contributed by atoms with Crippen molar-refractivity contribution >= 4 is 23.2 Å². The lowest BCUT2D eigenvalue weighted by Crippen LogP contribution is -2.15. The van der Waals surface area contributed by atoms with Crippen LogP contribution in [-0.2, 0) is 12.8 Å². The second-order valence-corrected chi connectivity index (χ2v) is 7.14. The van der Waals surface area contributed by atoms with Gasteiger partial charge in [0.05, 0.1) is 5.56 Å². The van der Waals surface area contributed by atoms with Gasteiger partial charge in [0.2, 0.25) is 5.91 Å². The molecule has 2 aromatic carbocycles. The molecule has 0 spiro atoms. The number of Topliss-reactive ketones (excluding diaryl/α,β-unsaturated/α-hetero) is 1. The molecule has 5 nitrogen and oxygen atoms in total. The summed E-state index contributed by atoms with van der Waals surface area (Å²) in [5.41, 5.74) is 9.88. The van der Waals surface area contributed by atoms with Gasteiger partial charge in [0.25, 0.3) is 0 Å². The third-order valence-corrected chi connectivity index (χ3v) is 5.20. The van der Waals surface area contributed by atoms with E-state index < -0.39 is 11.7 Å². The van der Waals surface area contributed by atoms with Crippen molar-refractivity contribution in [2.45, 2.75) is 19.8 Å². The molecule has 1 aliphatic heterocycles. The van der Waals surface area contributed by atoms with Crippen molar-refractivity contribution in [1.82, 2.24) is 4.98 Å². The summed E-state index contributed by atoms with van der Waals surface area (Å²) in [4.78, 5) is 29.9. The number of rotatable bonds is 5. The van der Waals surface area contributed by atoms with E-state index in [2.05, 4.69) is 9.88 Å². The molecule has 4 rings (SSSR count). The minimum absolute atomic E-state index is 0.101. The van der Waals surface area contributed by atoms with Gasteiger partial charge in [0.15, 0.2) is 5.78 Å². The number of primary amides is 1. The Hall–Kier alpha value is -3.54. The highest BCUT2D eigenvalue weighted by Crippen LogP contribution is 2.35. The Morgan fingerprint density at radius 3 is 2.66 bits per heavy atom. The molecular weight excluding hydrogens is 369 g/mol. The van der Waals surface area contributed by atoms with Gasteiger partial charge in [-0.3, -0.25) is 9.59 Å². The maximum absolute atomic E-state index is 13.8. The van der Waals surface area contributed by atoms with Crippen LogP contribution in [0.3, 0.4) is 0 Å². The van der Waals surface area contributed by atoms with Crippen molar-refractivity contribution in [2.24, 2.45) is 5.73 Å². The zero-order chi connectivity index (χ0) is 20.5. The number of aromatic nitrogens is 1. The zero-order valence-electron chi connectivity index (χ0n) is 16.0. The molecule has 1 amide bonds. The molecule has 1 aromatic heterocycles. The lowest BCUT2D eigenvalue weighted by molar-refractivity contribution is 0.0994. The number of amides is 1. The molecule has 0 radical (unpaired) electrons. The molecule has 0 aliphatic carbocycles. The Bertz CT molecular complexity index is 1130. The highest BCUT2D eigenvalue weighted by Gasteiger charge is 2.25. The van der Waals surface area contributed by atoms with E-state index in [0.29, 0.717) is 18.5 Å². The fourth-order valence-electron chi connectivity index (χ4n) is 3.81. The van der Waals surface area contributed by atoms with Crippen molar-refractivity contribution in [3.05, 3.63) is 88.4 Å². The number of hydrogen-bond acceptors (Lipinski definition) is 4. The van der Waals surface area contributed by atoms with Crippen LogP contribution < -0.4 is 10.6 Å². The first-order valence-corrected chi connectivity index (χ1v) is 9.37. The molecule has 0 atom stereocenters. The molecule has 3 aromatic rings. The van der Waals surface area contributed by atoms with Crippen LogP contribution in [0.25, 0.3) is 0 Å². The summed E-state index contributed by atoms with van der Waals surface area (Å²) < 4.78 is 13.8. The van der Waals surface area contributed by atoms with Crippen LogP contribution in [-0.4, -0.2) is 23.2 Å². The lowest BCUT2D eigenvalue weighted by Gasteiger charge is -2.19. The fraction of sp³-hybridized carbons (Fsp3) is 0.174. The predicted octanol–water partition coefficient (Wildman–Crippen LogP) is 3.81. The second kappa shape index (κ2) is 7.47. The Morgan fingerprint density at radius 1 is 1.10 bits per heavy atom. The summed E-state index contributed by atoms with van der Waals surface area (Å²) >= 11 is 0. The van der Waals surface area contributed by atoms with Gasteiger partial charge >= 0.3 is 0 Å². The first-order chi connectivity index (χ1) is 13.9. The second-order valence-electron chi connectivity index (χ2n) is 7.14. The number of benzene rings is 2. The largest absolute Gasteiger partial charge is 0.366 e. The molecule has 0 unspecified atom stereocenters. The number of hydrogen-bond donors (Lipinski definition) is 1. The van der Waals surface area contributed by atoms with Crippen molar-refractivity contribution in [3.8, 4) is 0 Å². The van der Waals surface area contributed by atoms with Crippen LogP contribution in [0.15, 0.2) is 54.7 Å². The molecule has 0 bridgehead atoms. The molecule has 2 N–H and O–H groups in total. The first kappa shape index (κ1) is 18.8. The fourth-order valence-corrected chi connectivity index (χ4v) is 3.81. The third kappa shape index (κ3) is 3.61. The van der Waals surface area contributed by atoms with Gasteiger partial charge in [-0.2, -0.15) is 0 Å². The van der Waals surface area contributed by atoms with E-state index in [9.17, 15) is 14.0 Å². The van der Waals surface area contributed by atoms with Crippen molar-refractivity contribution in [1.29, 1.82) is 0 Å². The van der Waals surface area contributed by atoms with Gasteiger partial charge in [-0.1, -0.05) is 12.1 Å². The van der Waals surface area contributed by atoms with Crippen LogP contribution >= 0.6 is 0 Å². The van der Waals surface area contributed by atoms with E-state index >= 15 is 0 Å². The number of nitrogens with zero attached hydrogens (tertiary/aromatic N) is 2. The third-order valence-electron chi connectivity index (χ3n) is 5.20. The Kier molecular flexibility index (Phi) is 4.84. The maximum atomic E-state index is 13.8. The van der Waals surface area contributed by atoms with E-state index in [1.54, 1.807) is 24.4 Å². The van der Waals surface area contributed by atoms with Gasteiger partial charge in [0, 0.05) is 24.0 Å². The van der Waals surface area contributed by atoms with E-state index in [0.717, 1.165) is 34.6 Å².